The second kappa shape index (κ2) is 6.49. The van der Waals surface area contributed by atoms with Gasteiger partial charge in [0.15, 0.2) is 0 Å². The van der Waals surface area contributed by atoms with Crippen molar-refractivity contribution < 1.29 is 0 Å². The molecule has 2 rings (SSSR count). The number of likely N-dealkylation sites (tertiary alicyclic amines) is 1. The molecule has 1 aromatic rings. The van der Waals surface area contributed by atoms with Gasteiger partial charge in [-0.05, 0) is 49.4 Å². The zero-order valence-electron chi connectivity index (χ0n) is 11.9. The molecule has 1 aliphatic heterocycles. The third kappa shape index (κ3) is 4.02. The summed E-state index contributed by atoms with van der Waals surface area (Å²) in [6.45, 7) is 8.11. The predicted octanol–water partition coefficient (Wildman–Crippen LogP) is 3.19. The van der Waals surface area contributed by atoms with Crippen LogP contribution in [0, 0.1) is 11.8 Å². The molecule has 1 heterocycles. The van der Waals surface area contributed by atoms with Gasteiger partial charge in [0.05, 0.1) is 0 Å². The van der Waals surface area contributed by atoms with Gasteiger partial charge in [-0.1, -0.05) is 44.3 Å². The van der Waals surface area contributed by atoms with Gasteiger partial charge in [0.1, 0.15) is 4.99 Å². The first-order valence-corrected chi connectivity index (χ1v) is 7.58. The average Bonchev–Trinajstić information content (AvgIpc) is 2.39. The lowest BCUT2D eigenvalue weighted by atomic mass is 9.86. The van der Waals surface area contributed by atoms with Crippen LogP contribution in [0.5, 0.6) is 0 Å². The van der Waals surface area contributed by atoms with Gasteiger partial charge in [-0.25, -0.2) is 0 Å². The Hall–Kier alpha value is -0.930. The first-order chi connectivity index (χ1) is 9.06. The minimum absolute atomic E-state index is 0.486. The molecule has 2 nitrogen and oxygen atoms in total. The molecule has 1 aromatic carbocycles. The van der Waals surface area contributed by atoms with Gasteiger partial charge in [-0.15, -0.1) is 0 Å². The average molecular weight is 276 g/mol. The summed E-state index contributed by atoms with van der Waals surface area (Å²) in [5.41, 5.74) is 7.97. The SMILES string of the molecule is CC(C)C1CCN(Cc2cccc(C(N)=S)c2)CC1. The van der Waals surface area contributed by atoms with Crippen molar-refractivity contribution in [2.75, 3.05) is 13.1 Å². The summed E-state index contributed by atoms with van der Waals surface area (Å²) >= 11 is 5.03. The van der Waals surface area contributed by atoms with E-state index in [-0.39, 0.29) is 0 Å². The molecule has 19 heavy (non-hydrogen) atoms. The molecular formula is C16H24N2S. The highest BCUT2D eigenvalue weighted by molar-refractivity contribution is 7.80. The van der Waals surface area contributed by atoms with Gasteiger partial charge in [0.2, 0.25) is 0 Å². The maximum absolute atomic E-state index is 5.69. The molecule has 2 N–H and O–H groups in total. The van der Waals surface area contributed by atoms with E-state index in [4.69, 9.17) is 18.0 Å². The Morgan fingerprint density at radius 2 is 2.05 bits per heavy atom. The molecule has 0 saturated carbocycles. The minimum atomic E-state index is 0.486. The lowest BCUT2D eigenvalue weighted by molar-refractivity contribution is 0.152. The van der Waals surface area contributed by atoms with Crippen LogP contribution in [0.3, 0.4) is 0 Å². The molecule has 0 amide bonds. The van der Waals surface area contributed by atoms with E-state index in [1.165, 1.54) is 31.5 Å². The van der Waals surface area contributed by atoms with Crippen LogP contribution in [-0.4, -0.2) is 23.0 Å². The van der Waals surface area contributed by atoms with E-state index < -0.39 is 0 Å². The fourth-order valence-electron chi connectivity index (χ4n) is 2.86. The van der Waals surface area contributed by atoms with Gasteiger partial charge in [0, 0.05) is 12.1 Å². The molecular weight excluding hydrogens is 252 g/mol. The Morgan fingerprint density at radius 3 is 2.63 bits per heavy atom. The summed E-state index contributed by atoms with van der Waals surface area (Å²) in [5.74, 6) is 1.72. The van der Waals surface area contributed by atoms with Crippen molar-refractivity contribution >= 4 is 17.2 Å². The van der Waals surface area contributed by atoms with Crippen molar-refractivity contribution in [1.29, 1.82) is 0 Å². The maximum atomic E-state index is 5.69. The van der Waals surface area contributed by atoms with E-state index in [1.54, 1.807) is 0 Å². The zero-order valence-corrected chi connectivity index (χ0v) is 12.7. The number of rotatable bonds is 4. The van der Waals surface area contributed by atoms with E-state index in [9.17, 15) is 0 Å². The van der Waals surface area contributed by atoms with Crippen LogP contribution in [0.1, 0.15) is 37.8 Å². The fraction of sp³-hybridized carbons (Fsp3) is 0.562. The Labute approximate surface area is 122 Å². The van der Waals surface area contributed by atoms with Crippen LogP contribution >= 0.6 is 12.2 Å². The zero-order chi connectivity index (χ0) is 13.8. The molecule has 0 unspecified atom stereocenters. The molecule has 0 bridgehead atoms. The summed E-state index contributed by atoms with van der Waals surface area (Å²) in [4.78, 5) is 3.03. The van der Waals surface area contributed by atoms with Gasteiger partial charge >= 0.3 is 0 Å². The van der Waals surface area contributed by atoms with E-state index >= 15 is 0 Å². The Balaban J connectivity index is 1.92. The van der Waals surface area contributed by atoms with Crippen molar-refractivity contribution in [3.63, 3.8) is 0 Å². The monoisotopic (exact) mass is 276 g/mol. The second-order valence-corrected chi connectivity index (χ2v) is 6.36. The number of piperidine rings is 1. The largest absolute Gasteiger partial charge is 0.389 e. The second-order valence-electron chi connectivity index (χ2n) is 5.92. The van der Waals surface area contributed by atoms with Crippen LogP contribution in [0.25, 0.3) is 0 Å². The predicted molar refractivity (Wildman–Crippen MR) is 85.2 cm³/mol. The fourth-order valence-corrected chi connectivity index (χ4v) is 2.99. The summed E-state index contributed by atoms with van der Waals surface area (Å²) in [5, 5.41) is 0. The van der Waals surface area contributed by atoms with Gasteiger partial charge in [0.25, 0.3) is 0 Å². The third-order valence-electron chi connectivity index (χ3n) is 4.19. The van der Waals surface area contributed by atoms with Crippen molar-refractivity contribution in [1.82, 2.24) is 4.90 Å². The van der Waals surface area contributed by atoms with Crippen molar-refractivity contribution in [2.45, 2.75) is 33.2 Å². The minimum Gasteiger partial charge on any atom is -0.389 e. The molecule has 0 aromatic heterocycles. The number of hydrogen-bond donors (Lipinski definition) is 1. The summed E-state index contributed by atoms with van der Waals surface area (Å²) in [6, 6.07) is 8.31. The third-order valence-corrected chi connectivity index (χ3v) is 4.43. The van der Waals surface area contributed by atoms with Crippen LogP contribution in [-0.2, 0) is 6.54 Å². The topological polar surface area (TPSA) is 29.3 Å². The first-order valence-electron chi connectivity index (χ1n) is 7.17. The van der Waals surface area contributed by atoms with Gasteiger partial charge in [-0.2, -0.15) is 0 Å². The summed E-state index contributed by atoms with van der Waals surface area (Å²) < 4.78 is 0. The quantitative estimate of drug-likeness (QED) is 0.856. The number of nitrogens with zero attached hydrogens (tertiary/aromatic N) is 1. The highest BCUT2D eigenvalue weighted by Crippen LogP contribution is 2.25. The number of nitrogens with two attached hydrogens (primary N) is 1. The molecule has 1 saturated heterocycles. The molecule has 0 atom stereocenters. The molecule has 1 aliphatic rings. The van der Waals surface area contributed by atoms with Crippen molar-refractivity contribution in [2.24, 2.45) is 17.6 Å². The standard InChI is InChI=1S/C16H24N2S/c1-12(2)14-6-8-18(9-7-14)11-13-4-3-5-15(10-13)16(17)19/h3-5,10,12,14H,6-9,11H2,1-2H3,(H2,17,19). The highest BCUT2D eigenvalue weighted by atomic mass is 32.1. The Bertz CT molecular complexity index is 434. The Morgan fingerprint density at radius 1 is 1.37 bits per heavy atom. The first kappa shape index (κ1) is 14.5. The number of hydrogen-bond acceptors (Lipinski definition) is 2. The lowest BCUT2D eigenvalue weighted by Crippen LogP contribution is -2.34. The van der Waals surface area contributed by atoms with E-state index in [0.717, 1.165) is 23.9 Å². The molecule has 1 fully saturated rings. The van der Waals surface area contributed by atoms with Crippen LogP contribution in [0.2, 0.25) is 0 Å². The molecule has 0 radical (unpaired) electrons. The van der Waals surface area contributed by atoms with E-state index in [2.05, 4.69) is 30.9 Å². The van der Waals surface area contributed by atoms with Gasteiger partial charge < -0.3 is 5.73 Å². The molecule has 3 heteroatoms. The molecule has 104 valence electrons. The normalized spacial score (nSPS) is 17.8. The number of benzene rings is 1. The lowest BCUT2D eigenvalue weighted by Gasteiger charge is -2.33. The maximum Gasteiger partial charge on any atom is 0.103 e. The molecule has 0 spiro atoms. The summed E-state index contributed by atoms with van der Waals surface area (Å²) in [7, 11) is 0. The van der Waals surface area contributed by atoms with Crippen molar-refractivity contribution in [3.8, 4) is 0 Å². The highest BCUT2D eigenvalue weighted by Gasteiger charge is 2.21. The Kier molecular flexibility index (Phi) is 4.94. The van der Waals surface area contributed by atoms with E-state index in [1.807, 2.05) is 12.1 Å². The van der Waals surface area contributed by atoms with Crippen LogP contribution in [0.15, 0.2) is 24.3 Å². The van der Waals surface area contributed by atoms with Crippen LogP contribution in [0.4, 0.5) is 0 Å². The van der Waals surface area contributed by atoms with Crippen LogP contribution < -0.4 is 5.73 Å². The smallest absolute Gasteiger partial charge is 0.103 e. The molecule has 0 aliphatic carbocycles. The van der Waals surface area contributed by atoms with Crippen molar-refractivity contribution in [3.05, 3.63) is 35.4 Å². The van der Waals surface area contributed by atoms with E-state index in [0.29, 0.717) is 4.99 Å². The number of thiocarbonyl (C=S) groups is 1. The van der Waals surface area contributed by atoms with Gasteiger partial charge in [-0.3, -0.25) is 4.90 Å². The summed E-state index contributed by atoms with van der Waals surface area (Å²) in [6.07, 6.45) is 2.65.